The molecule has 7 nitrogen and oxygen atoms in total. The van der Waals surface area contributed by atoms with Gasteiger partial charge >= 0.3 is 5.69 Å². The minimum absolute atomic E-state index is 0.0614. The third kappa shape index (κ3) is 3.19. The van der Waals surface area contributed by atoms with E-state index in [4.69, 9.17) is 4.74 Å². The highest BCUT2D eigenvalue weighted by Crippen LogP contribution is 2.32. The summed E-state index contributed by atoms with van der Waals surface area (Å²) in [6.07, 6.45) is 1.73. The standard InChI is InChI=1S/C21H21N3O4/c1-28-15-10-8-14(9-11-15)18-7-4-12-23(18)19(25)13-24-20(26)16-5-2-3-6-17(16)22-21(24)27/h2-3,5-6,8-11,18H,4,7,12-13H2,1H3,(H,22,27). The highest BCUT2D eigenvalue weighted by Gasteiger charge is 2.30. The second-order valence-electron chi connectivity index (χ2n) is 6.89. The highest BCUT2D eigenvalue weighted by atomic mass is 16.5. The van der Waals surface area contributed by atoms with E-state index in [-0.39, 0.29) is 18.5 Å². The predicted octanol–water partition coefficient (Wildman–Crippen LogP) is 2.06. The summed E-state index contributed by atoms with van der Waals surface area (Å²) in [7, 11) is 1.61. The lowest BCUT2D eigenvalue weighted by atomic mass is 10.0. The molecule has 3 aromatic rings. The number of fused-ring (bicyclic) bond motifs is 1. The predicted molar refractivity (Wildman–Crippen MR) is 106 cm³/mol. The van der Waals surface area contributed by atoms with E-state index < -0.39 is 11.2 Å². The molecule has 1 atom stereocenters. The average Bonchev–Trinajstić information content (AvgIpc) is 3.21. The first-order valence-electron chi connectivity index (χ1n) is 9.24. The second-order valence-corrected chi connectivity index (χ2v) is 6.89. The largest absolute Gasteiger partial charge is 0.497 e. The number of H-pyrrole nitrogens is 1. The third-order valence-electron chi connectivity index (χ3n) is 5.26. The average molecular weight is 379 g/mol. The van der Waals surface area contributed by atoms with E-state index in [0.29, 0.717) is 17.4 Å². The number of hydrogen-bond donors (Lipinski definition) is 1. The van der Waals surface area contributed by atoms with Crippen LogP contribution in [0.5, 0.6) is 5.75 Å². The van der Waals surface area contributed by atoms with Gasteiger partial charge in [0.1, 0.15) is 12.3 Å². The van der Waals surface area contributed by atoms with Gasteiger partial charge in [0.05, 0.1) is 24.1 Å². The molecule has 0 spiro atoms. The lowest BCUT2D eigenvalue weighted by Gasteiger charge is -2.25. The summed E-state index contributed by atoms with van der Waals surface area (Å²) in [5.74, 6) is 0.523. The Hall–Kier alpha value is -3.35. The molecule has 1 saturated heterocycles. The molecule has 1 aliphatic heterocycles. The smallest absolute Gasteiger partial charge is 0.329 e. The summed E-state index contributed by atoms with van der Waals surface area (Å²) in [4.78, 5) is 42.4. The molecule has 1 unspecified atom stereocenters. The van der Waals surface area contributed by atoms with Crippen LogP contribution in [-0.4, -0.2) is 34.0 Å². The molecule has 1 aromatic heterocycles. The Balaban J connectivity index is 1.62. The van der Waals surface area contributed by atoms with Gasteiger partial charge in [0.2, 0.25) is 5.91 Å². The molecule has 2 heterocycles. The number of carbonyl (C=O) groups excluding carboxylic acids is 1. The molecule has 0 saturated carbocycles. The molecule has 0 aliphatic carbocycles. The van der Waals surface area contributed by atoms with Crippen molar-refractivity contribution < 1.29 is 9.53 Å². The van der Waals surface area contributed by atoms with Crippen LogP contribution in [0.1, 0.15) is 24.4 Å². The first kappa shape index (κ1) is 18.0. The topological polar surface area (TPSA) is 84.4 Å². The molecule has 1 aliphatic rings. The molecule has 1 amide bonds. The van der Waals surface area contributed by atoms with Gasteiger partial charge < -0.3 is 14.6 Å². The van der Waals surface area contributed by atoms with E-state index in [1.807, 2.05) is 24.3 Å². The number of nitrogens with one attached hydrogen (secondary N) is 1. The first-order chi connectivity index (χ1) is 13.6. The Kier molecular flexibility index (Phi) is 4.73. The maximum Gasteiger partial charge on any atom is 0.329 e. The normalized spacial score (nSPS) is 16.5. The fraction of sp³-hybridized carbons (Fsp3) is 0.286. The van der Waals surface area contributed by atoms with Crippen LogP contribution < -0.4 is 16.0 Å². The summed E-state index contributed by atoms with van der Waals surface area (Å²) < 4.78 is 6.17. The maximum absolute atomic E-state index is 13.0. The van der Waals surface area contributed by atoms with Crippen molar-refractivity contribution in [1.29, 1.82) is 0 Å². The summed E-state index contributed by atoms with van der Waals surface area (Å²) in [6, 6.07) is 14.4. The summed E-state index contributed by atoms with van der Waals surface area (Å²) >= 11 is 0. The lowest BCUT2D eigenvalue weighted by molar-refractivity contribution is -0.132. The van der Waals surface area contributed by atoms with Crippen LogP contribution in [0, 0.1) is 0 Å². The van der Waals surface area contributed by atoms with Crippen molar-refractivity contribution in [2.75, 3.05) is 13.7 Å². The van der Waals surface area contributed by atoms with Crippen LogP contribution in [0.2, 0.25) is 0 Å². The van der Waals surface area contributed by atoms with E-state index in [1.54, 1.807) is 36.3 Å². The molecule has 0 radical (unpaired) electrons. The van der Waals surface area contributed by atoms with E-state index in [0.717, 1.165) is 28.7 Å². The van der Waals surface area contributed by atoms with Crippen LogP contribution in [0.3, 0.4) is 0 Å². The SMILES string of the molecule is COc1ccc(C2CCCN2C(=O)Cn2c(=O)[nH]c3ccccc3c2=O)cc1. The number of likely N-dealkylation sites (tertiary alicyclic amines) is 1. The van der Waals surface area contributed by atoms with E-state index in [9.17, 15) is 14.4 Å². The molecule has 7 heteroatoms. The number of aromatic amines is 1. The zero-order chi connectivity index (χ0) is 19.7. The minimum Gasteiger partial charge on any atom is -0.497 e. The van der Waals surface area contributed by atoms with Crippen molar-refractivity contribution in [3.8, 4) is 5.75 Å². The van der Waals surface area contributed by atoms with Crippen LogP contribution in [0.15, 0.2) is 58.1 Å². The molecule has 1 N–H and O–H groups in total. The number of hydrogen-bond acceptors (Lipinski definition) is 4. The molecule has 4 rings (SSSR count). The fourth-order valence-corrected chi connectivity index (χ4v) is 3.81. The summed E-state index contributed by atoms with van der Waals surface area (Å²) in [5.41, 5.74) is 0.468. The molecule has 144 valence electrons. The molecule has 1 fully saturated rings. The van der Waals surface area contributed by atoms with Crippen LogP contribution in [-0.2, 0) is 11.3 Å². The van der Waals surface area contributed by atoms with Crippen molar-refractivity contribution in [3.63, 3.8) is 0 Å². The number of methoxy groups -OCH3 is 1. The van der Waals surface area contributed by atoms with Crippen LogP contribution in [0.25, 0.3) is 10.9 Å². The Morgan fingerprint density at radius 1 is 1.14 bits per heavy atom. The number of benzene rings is 2. The van der Waals surface area contributed by atoms with Gasteiger partial charge in [-0.15, -0.1) is 0 Å². The number of carbonyl (C=O) groups is 1. The van der Waals surface area contributed by atoms with Crippen molar-refractivity contribution in [1.82, 2.24) is 14.5 Å². The van der Waals surface area contributed by atoms with Gasteiger partial charge in [0.15, 0.2) is 0 Å². The Morgan fingerprint density at radius 2 is 1.89 bits per heavy atom. The molecular weight excluding hydrogens is 358 g/mol. The monoisotopic (exact) mass is 379 g/mol. The number of para-hydroxylation sites is 1. The second kappa shape index (κ2) is 7.34. The van der Waals surface area contributed by atoms with E-state index >= 15 is 0 Å². The van der Waals surface area contributed by atoms with Crippen molar-refractivity contribution in [2.45, 2.75) is 25.4 Å². The lowest BCUT2D eigenvalue weighted by Crippen LogP contribution is -2.42. The van der Waals surface area contributed by atoms with Crippen molar-refractivity contribution in [3.05, 3.63) is 74.9 Å². The van der Waals surface area contributed by atoms with Crippen molar-refractivity contribution >= 4 is 16.8 Å². The van der Waals surface area contributed by atoms with Gasteiger partial charge in [0.25, 0.3) is 5.56 Å². The number of aromatic nitrogens is 2. The maximum atomic E-state index is 13.0. The van der Waals surface area contributed by atoms with Crippen molar-refractivity contribution in [2.24, 2.45) is 0 Å². The van der Waals surface area contributed by atoms with Gasteiger partial charge in [0, 0.05) is 6.54 Å². The van der Waals surface area contributed by atoms with Crippen LogP contribution >= 0.6 is 0 Å². The molecule has 0 bridgehead atoms. The highest BCUT2D eigenvalue weighted by molar-refractivity contribution is 5.79. The third-order valence-corrected chi connectivity index (χ3v) is 5.26. The molecule has 2 aromatic carbocycles. The van der Waals surface area contributed by atoms with E-state index in [2.05, 4.69) is 4.98 Å². The van der Waals surface area contributed by atoms with E-state index in [1.165, 1.54) is 0 Å². The number of rotatable bonds is 4. The number of amides is 1. The van der Waals surface area contributed by atoms with Gasteiger partial charge in [-0.2, -0.15) is 0 Å². The van der Waals surface area contributed by atoms with Gasteiger partial charge in [-0.1, -0.05) is 24.3 Å². The zero-order valence-corrected chi connectivity index (χ0v) is 15.6. The Bertz CT molecular complexity index is 1130. The number of ether oxygens (including phenoxy) is 1. The number of nitrogens with zero attached hydrogens (tertiary/aromatic N) is 2. The fourth-order valence-electron chi connectivity index (χ4n) is 3.81. The summed E-state index contributed by atoms with van der Waals surface area (Å²) in [6.45, 7) is 0.335. The quantitative estimate of drug-likeness (QED) is 0.752. The van der Waals surface area contributed by atoms with Gasteiger partial charge in [-0.25, -0.2) is 4.79 Å². The van der Waals surface area contributed by atoms with Crippen LogP contribution in [0.4, 0.5) is 0 Å². The first-order valence-corrected chi connectivity index (χ1v) is 9.24. The minimum atomic E-state index is -0.572. The summed E-state index contributed by atoms with van der Waals surface area (Å²) in [5, 5.41) is 0.392. The van der Waals surface area contributed by atoms with Gasteiger partial charge in [-0.3, -0.25) is 14.2 Å². The molecule has 28 heavy (non-hydrogen) atoms. The zero-order valence-electron chi connectivity index (χ0n) is 15.6. The Labute approximate surface area is 161 Å². The molecular formula is C21H21N3O4. The van der Waals surface area contributed by atoms with Gasteiger partial charge in [-0.05, 0) is 42.7 Å². The Morgan fingerprint density at radius 3 is 2.64 bits per heavy atom.